The Morgan fingerprint density at radius 2 is 1.95 bits per heavy atom. The third-order valence-corrected chi connectivity index (χ3v) is 8.35. The second kappa shape index (κ2) is 4.69. The maximum atomic E-state index is 11.9. The molecule has 0 bridgehead atoms. The summed E-state index contributed by atoms with van der Waals surface area (Å²) in [6.45, 7) is 7.17. The quantitative estimate of drug-likeness (QED) is 0.735. The fourth-order valence-electron chi connectivity index (χ4n) is 7.00. The molecule has 4 aliphatic rings. The molecule has 8 atom stereocenters. The van der Waals surface area contributed by atoms with Crippen LogP contribution in [0.15, 0.2) is 12.2 Å². The zero-order chi connectivity index (χ0) is 15.7. The number of aliphatic hydroxyl groups is 1. The van der Waals surface area contributed by atoms with Gasteiger partial charge in [-0.15, -0.1) is 0 Å². The second-order valence-corrected chi connectivity index (χ2v) is 9.21. The van der Waals surface area contributed by atoms with Crippen molar-refractivity contribution in [2.75, 3.05) is 0 Å². The number of aliphatic hydroxyl groups excluding tert-OH is 1. The number of carbonyl (C=O) groups excluding carboxylic acids is 1. The molecule has 1 N–H and O–H groups in total. The van der Waals surface area contributed by atoms with E-state index in [0.29, 0.717) is 29.5 Å². The molecule has 0 radical (unpaired) electrons. The zero-order valence-electron chi connectivity index (χ0n) is 14.2. The topological polar surface area (TPSA) is 37.3 Å². The number of ketones is 1. The molecule has 0 amide bonds. The highest BCUT2D eigenvalue weighted by Gasteiger charge is 2.61. The molecule has 0 heterocycles. The molecule has 0 unspecified atom stereocenters. The molecule has 122 valence electrons. The highest BCUT2D eigenvalue weighted by Crippen LogP contribution is 2.66. The van der Waals surface area contributed by atoms with Gasteiger partial charge in [0, 0.05) is 6.42 Å². The molecule has 4 rings (SSSR count). The first-order chi connectivity index (χ1) is 10.4. The number of hydrogen-bond acceptors (Lipinski definition) is 2. The van der Waals surface area contributed by atoms with Crippen LogP contribution in [0.3, 0.4) is 0 Å². The van der Waals surface area contributed by atoms with Gasteiger partial charge in [-0.1, -0.05) is 26.8 Å². The lowest BCUT2D eigenvalue weighted by Gasteiger charge is -2.60. The Balaban J connectivity index is 1.73. The van der Waals surface area contributed by atoms with Gasteiger partial charge in [0.15, 0.2) is 5.78 Å². The van der Waals surface area contributed by atoms with Crippen LogP contribution in [-0.4, -0.2) is 17.0 Å². The van der Waals surface area contributed by atoms with Crippen molar-refractivity contribution in [2.24, 2.45) is 40.4 Å². The van der Waals surface area contributed by atoms with Crippen LogP contribution < -0.4 is 0 Å². The van der Waals surface area contributed by atoms with Crippen molar-refractivity contribution in [2.45, 2.75) is 65.4 Å². The molecule has 0 aromatic carbocycles. The summed E-state index contributed by atoms with van der Waals surface area (Å²) in [4.78, 5) is 11.9. The molecule has 3 saturated carbocycles. The van der Waals surface area contributed by atoms with E-state index in [1.807, 2.05) is 6.08 Å². The minimum Gasteiger partial charge on any atom is -0.393 e. The average molecular weight is 302 g/mol. The van der Waals surface area contributed by atoms with Crippen molar-refractivity contribution in [1.29, 1.82) is 0 Å². The lowest BCUT2D eigenvalue weighted by Crippen LogP contribution is -2.55. The van der Waals surface area contributed by atoms with E-state index >= 15 is 0 Å². The average Bonchev–Trinajstić information content (AvgIpc) is 2.77. The SMILES string of the molecule is C[C@@H]1C[C@H]2CC(=O)C=C[C@]2(C)[C@H]2CC[C@]3(C)[C@@H](O)CC[C@H]3[C@H]12. The minimum absolute atomic E-state index is 0.0975. The van der Waals surface area contributed by atoms with Crippen molar-refractivity contribution in [3.8, 4) is 0 Å². The first-order valence-corrected chi connectivity index (χ1v) is 9.26. The lowest BCUT2D eigenvalue weighted by atomic mass is 9.44. The summed E-state index contributed by atoms with van der Waals surface area (Å²) in [5, 5.41) is 10.5. The standard InChI is InChI=1S/C20H30O2/c1-12-10-13-11-14(21)6-8-19(13,2)16-7-9-20(3)15(18(12)16)4-5-17(20)22/h6,8,12-13,15-18,22H,4-5,7,9-11H2,1-3H3/t12-,13+,15+,16+,17+,18+,19+,20+/m1/s1. The van der Waals surface area contributed by atoms with Crippen LogP contribution in [0, 0.1) is 40.4 Å². The van der Waals surface area contributed by atoms with Crippen LogP contribution in [0.1, 0.15) is 59.3 Å². The highest BCUT2D eigenvalue weighted by molar-refractivity contribution is 5.91. The maximum absolute atomic E-state index is 11.9. The van der Waals surface area contributed by atoms with E-state index in [4.69, 9.17) is 0 Å². The van der Waals surface area contributed by atoms with Gasteiger partial charge in [0.25, 0.3) is 0 Å². The van der Waals surface area contributed by atoms with Crippen molar-refractivity contribution in [3.63, 3.8) is 0 Å². The first-order valence-electron chi connectivity index (χ1n) is 9.26. The van der Waals surface area contributed by atoms with Crippen LogP contribution in [-0.2, 0) is 4.79 Å². The fraction of sp³-hybridized carbons (Fsp3) is 0.850. The summed E-state index contributed by atoms with van der Waals surface area (Å²) in [7, 11) is 0. The summed E-state index contributed by atoms with van der Waals surface area (Å²) >= 11 is 0. The van der Waals surface area contributed by atoms with Gasteiger partial charge < -0.3 is 5.11 Å². The van der Waals surface area contributed by atoms with Gasteiger partial charge in [0.2, 0.25) is 0 Å². The van der Waals surface area contributed by atoms with Gasteiger partial charge in [-0.05, 0) is 78.6 Å². The predicted octanol–water partition coefficient (Wildman–Crippen LogP) is 3.98. The summed E-state index contributed by atoms with van der Waals surface area (Å²) in [5.41, 5.74) is 0.354. The Morgan fingerprint density at radius 1 is 1.18 bits per heavy atom. The molecule has 0 saturated heterocycles. The number of fused-ring (bicyclic) bond motifs is 5. The zero-order valence-corrected chi connectivity index (χ0v) is 14.2. The molecule has 2 heteroatoms. The third kappa shape index (κ3) is 1.79. The van der Waals surface area contributed by atoms with Gasteiger partial charge in [-0.25, -0.2) is 0 Å². The molecule has 0 spiro atoms. The molecule has 22 heavy (non-hydrogen) atoms. The van der Waals surface area contributed by atoms with Crippen LogP contribution in [0.2, 0.25) is 0 Å². The number of allylic oxidation sites excluding steroid dienone is 2. The van der Waals surface area contributed by atoms with E-state index in [0.717, 1.165) is 25.2 Å². The largest absolute Gasteiger partial charge is 0.393 e. The molecular formula is C20H30O2. The monoisotopic (exact) mass is 302 g/mol. The Kier molecular flexibility index (Phi) is 3.18. The Labute approximate surface area is 134 Å². The summed E-state index contributed by atoms with van der Waals surface area (Å²) in [6, 6.07) is 0. The smallest absolute Gasteiger partial charge is 0.155 e. The lowest BCUT2D eigenvalue weighted by molar-refractivity contribution is -0.131. The van der Waals surface area contributed by atoms with Crippen LogP contribution in [0.5, 0.6) is 0 Å². The molecule has 0 aromatic heterocycles. The third-order valence-electron chi connectivity index (χ3n) is 8.35. The van der Waals surface area contributed by atoms with Gasteiger partial charge in [0.05, 0.1) is 6.10 Å². The molecule has 2 nitrogen and oxygen atoms in total. The first kappa shape index (κ1) is 14.9. The minimum atomic E-state index is -0.0975. The van der Waals surface area contributed by atoms with Crippen molar-refractivity contribution in [3.05, 3.63) is 12.2 Å². The predicted molar refractivity (Wildman–Crippen MR) is 87.2 cm³/mol. The summed E-state index contributed by atoms with van der Waals surface area (Å²) in [5.74, 6) is 3.67. The Bertz CT molecular complexity index is 524. The second-order valence-electron chi connectivity index (χ2n) is 9.21. The number of hydrogen-bond donors (Lipinski definition) is 1. The van der Waals surface area contributed by atoms with Crippen LogP contribution >= 0.6 is 0 Å². The van der Waals surface area contributed by atoms with Gasteiger partial charge in [0.1, 0.15) is 0 Å². The molecule has 0 aromatic rings. The van der Waals surface area contributed by atoms with Crippen LogP contribution in [0.25, 0.3) is 0 Å². The van der Waals surface area contributed by atoms with Gasteiger partial charge >= 0.3 is 0 Å². The maximum Gasteiger partial charge on any atom is 0.155 e. The van der Waals surface area contributed by atoms with E-state index in [1.54, 1.807) is 0 Å². The molecule has 4 aliphatic carbocycles. The summed E-state index contributed by atoms with van der Waals surface area (Å²) < 4.78 is 0. The van der Waals surface area contributed by atoms with Crippen molar-refractivity contribution in [1.82, 2.24) is 0 Å². The van der Waals surface area contributed by atoms with E-state index in [1.165, 1.54) is 19.3 Å². The highest BCUT2D eigenvalue weighted by atomic mass is 16.3. The van der Waals surface area contributed by atoms with E-state index in [-0.39, 0.29) is 16.9 Å². The number of carbonyl (C=O) groups is 1. The molecular weight excluding hydrogens is 272 g/mol. The normalized spacial score (nSPS) is 57.2. The van der Waals surface area contributed by atoms with Crippen LogP contribution in [0.4, 0.5) is 0 Å². The summed E-state index contributed by atoms with van der Waals surface area (Å²) in [6.07, 6.45) is 10.6. The Morgan fingerprint density at radius 3 is 2.73 bits per heavy atom. The van der Waals surface area contributed by atoms with Gasteiger partial charge in [-0.3, -0.25) is 4.79 Å². The number of rotatable bonds is 0. The molecule has 0 aliphatic heterocycles. The van der Waals surface area contributed by atoms with Gasteiger partial charge in [-0.2, -0.15) is 0 Å². The van der Waals surface area contributed by atoms with Crippen molar-refractivity contribution < 1.29 is 9.90 Å². The van der Waals surface area contributed by atoms with Crippen molar-refractivity contribution >= 4 is 5.78 Å². The Hall–Kier alpha value is -0.630. The van der Waals surface area contributed by atoms with E-state index in [2.05, 4.69) is 26.8 Å². The molecule has 3 fully saturated rings. The van der Waals surface area contributed by atoms with E-state index in [9.17, 15) is 9.90 Å². The fourth-order valence-corrected chi connectivity index (χ4v) is 7.00. The van der Waals surface area contributed by atoms with E-state index < -0.39 is 0 Å².